The summed E-state index contributed by atoms with van der Waals surface area (Å²) in [6.07, 6.45) is -0.725. The van der Waals surface area contributed by atoms with Gasteiger partial charge in [0.1, 0.15) is 11.5 Å². The van der Waals surface area contributed by atoms with Crippen LogP contribution in [-0.2, 0) is 9.53 Å². The maximum absolute atomic E-state index is 13.2. The summed E-state index contributed by atoms with van der Waals surface area (Å²) in [5.41, 5.74) is 3.09. The number of benzene rings is 1. The molecule has 1 amide bonds. The molecule has 7 heteroatoms. The van der Waals surface area contributed by atoms with E-state index < -0.39 is 30.4 Å². The second-order valence-corrected chi connectivity index (χ2v) is 5.92. The van der Waals surface area contributed by atoms with Gasteiger partial charge in [0.15, 0.2) is 6.61 Å². The number of carbonyl (C=O) groups is 2. The van der Waals surface area contributed by atoms with Crippen LogP contribution < -0.4 is 5.32 Å². The molecule has 3 N–H and O–H groups in total. The second-order valence-electron chi connectivity index (χ2n) is 5.92. The van der Waals surface area contributed by atoms with E-state index in [1.54, 1.807) is 33.8 Å². The van der Waals surface area contributed by atoms with Crippen LogP contribution in [0.4, 0.5) is 10.1 Å². The van der Waals surface area contributed by atoms with E-state index in [-0.39, 0.29) is 5.69 Å². The number of aromatic amines is 1. The highest BCUT2D eigenvalue weighted by molar-refractivity contribution is 5.96. The highest BCUT2D eigenvalue weighted by atomic mass is 19.1. The van der Waals surface area contributed by atoms with Crippen molar-refractivity contribution in [2.75, 3.05) is 11.9 Å². The molecule has 1 heterocycles. The lowest BCUT2D eigenvalue weighted by Crippen LogP contribution is -2.22. The van der Waals surface area contributed by atoms with E-state index in [0.717, 1.165) is 0 Å². The van der Waals surface area contributed by atoms with Crippen LogP contribution in [0.3, 0.4) is 0 Å². The fourth-order valence-corrected chi connectivity index (χ4v) is 2.71. The van der Waals surface area contributed by atoms with Crippen LogP contribution in [0, 0.1) is 26.6 Å². The van der Waals surface area contributed by atoms with Crippen molar-refractivity contribution in [3.63, 3.8) is 0 Å². The number of amides is 1. The average Bonchev–Trinajstić information content (AvgIpc) is 2.83. The van der Waals surface area contributed by atoms with Crippen molar-refractivity contribution in [2.24, 2.45) is 0 Å². The Morgan fingerprint density at radius 1 is 1.32 bits per heavy atom. The lowest BCUT2D eigenvalue weighted by molar-refractivity contribution is -0.119. The van der Waals surface area contributed by atoms with Gasteiger partial charge in [-0.05, 0) is 51.0 Å². The zero-order valence-electron chi connectivity index (χ0n) is 14.6. The molecule has 0 radical (unpaired) electrons. The molecule has 2 aromatic rings. The molecule has 0 aliphatic carbocycles. The molecule has 134 valence electrons. The van der Waals surface area contributed by atoms with Crippen molar-refractivity contribution in [3.05, 3.63) is 52.1 Å². The quantitative estimate of drug-likeness (QED) is 0.725. The molecule has 0 aliphatic heterocycles. The van der Waals surface area contributed by atoms with Crippen LogP contribution in [0.2, 0.25) is 0 Å². The Balaban J connectivity index is 2.01. The number of esters is 1. The van der Waals surface area contributed by atoms with Crippen LogP contribution in [-0.4, -0.2) is 28.6 Å². The number of rotatable bonds is 5. The number of halogens is 1. The first-order chi connectivity index (χ1) is 11.7. The predicted molar refractivity (Wildman–Crippen MR) is 90.9 cm³/mol. The van der Waals surface area contributed by atoms with Crippen molar-refractivity contribution in [1.82, 2.24) is 4.98 Å². The first-order valence-electron chi connectivity index (χ1n) is 7.81. The number of aromatic nitrogens is 1. The number of hydrogen-bond acceptors (Lipinski definition) is 4. The van der Waals surface area contributed by atoms with E-state index in [2.05, 4.69) is 10.3 Å². The number of aryl methyl sites for hydroxylation is 2. The van der Waals surface area contributed by atoms with Gasteiger partial charge in [0.05, 0.1) is 6.10 Å². The van der Waals surface area contributed by atoms with Crippen molar-refractivity contribution in [2.45, 2.75) is 33.8 Å². The first-order valence-corrected chi connectivity index (χ1v) is 7.81. The minimum absolute atomic E-state index is 0.197. The summed E-state index contributed by atoms with van der Waals surface area (Å²) in [6.45, 7) is 6.26. The molecule has 0 fully saturated rings. The van der Waals surface area contributed by atoms with Gasteiger partial charge in [0, 0.05) is 16.9 Å². The summed E-state index contributed by atoms with van der Waals surface area (Å²) < 4.78 is 18.2. The third-order valence-corrected chi connectivity index (χ3v) is 3.93. The second kappa shape index (κ2) is 7.48. The number of aliphatic hydroxyl groups excluding tert-OH is 1. The molecule has 0 spiro atoms. The van der Waals surface area contributed by atoms with Gasteiger partial charge in [-0.15, -0.1) is 0 Å². The van der Waals surface area contributed by atoms with Gasteiger partial charge >= 0.3 is 5.97 Å². The fourth-order valence-electron chi connectivity index (χ4n) is 2.71. The highest BCUT2D eigenvalue weighted by Gasteiger charge is 2.21. The number of hydrogen-bond donors (Lipinski definition) is 3. The molecule has 0 unspecified atom stereocenters. The Hall–Kier alpha value is -2.67. The maximum Gasteiger partial charge on any atom is 0.355 e. The Morgan fingerprint density at radius 2 is 2.00 bits per heavy atom. The summed E-state index contributed by atoms with van der Waals surface area (Å²) >= 11 is 0. The van der Waals surface area contributed by atoms with Gasteiger partial charge in [-0.3, -0.25) is 4.79 Å². The van der Waals surface area contributed by atoms with Crippen molar-refractivity contribution in [1.29, 1.82) is 0 Å². The molecule has 1 aromatic heterocycles. The number of ether oxygens (including phenoxy) is 1. The van der Waals surface area contributed by atoms with E-state index in [0.29, 0.717) is 28.1 Å². The van der Waals surface area contributed by atoms with Gasteiger partial charge in [0.2, 0.25) is 0 Å². The standard InChI is InChI=1S/C18H21FN2O4/c1-9-5-6-13(19)7-14(9)21-15(23)8-25-18(24)17-10(2)16(12(4)22)11(3)20-17/h5-7,12,20,22H,8H2,1-4H3,(H,21,23)/t12-/m1/s1. The van der Waals surface area contributed by atoms with Crippen LogP contribution in [0.15, 0.2) is 18.2 Å². The van der Waals surface area contributed by atoms with Crippen LogP contribution in [0.25, 0.3) is 0 Å². The molecular formula is C18H21FN2O4. The van der Waals surface area contributed by atoms with E-state index in [1.165, 1.54) is 12.1 Å². The van der Waals surface area contributed by atoms with Gasteiger partial charge < -0.3 is 20.1 Å². The summed E-state index contributed by atoms with van der Waals surface area (Å²) in [5.74, 6) is -1.74. The minimum Gasteiger partial charge on any atom is -0.451 e. The Bertz CT molecular complexity index is 812. The first kappa shape index (κ1) is 18.7. The molecule has 2 rings (SSSR count). The highest BCUT2D eigenvalue weighted by Crippen LogP contribution is 2.24. The Labute approximate surface area is 145 Å². The smallest absolute Gasteiger partial charge is 0.355 e. The van der Waals surface area contributed by atoms with Gasteiger partial charge in [0.25, 0.3) is 5.91 Å². The fraction of sp³-hybridized carbons (Fsp3) is 0.333. The zero-order chi connectivity index (χ0) is 18.7. The third kappa shape index (κ3) is 4.24. The largest absolute Gasteiger partial charge is 0.451 e. The maximum atomic E-state index is 13.2. The van der Waals surface area contributed by atoms with E-state index in [1.807, 2.05) is 0 Å². The summed E-state index contributed by atoms with van der Waals surface area (Å²) in [7, 11) is 0. The summed E-state index contributed by atoms with van der Waals surface area (Å²) in [6, 6.07) is 4.03. The molecule has 0 aliphatic rings. The van der Waals surface area contributed by atoms with Gasteiger partial charge in [-0.2, -0.15) is 0 Å². The molecule has 0 saturated heterocycles. The molecule has 0 bridgehead atoms. The predicted octanol–water partition coefficient (Wildman–Crippen LogP) is 2.93. The van der Waals surface area contributed by atoms with Crippen LogP contribution >= 0.6 is 0 Å². The minimum atomic E-state index is -0.725. The van der Waals surface area contributed by atoms with E-state index in [9.17, 15) is 19.1 Å². The Morgan fingerprint density at radius 3 is 2.60 bits per heavy atom. The normalized spacial score (nSPS) is 11.9. The number of anilines is 1. The SMILES string of the molecule is Cc1ccc(F)cc1NC(=O)COC(=O)c1[nH]c(C)c([C@@H](C)O)c1C. The van der Waals surface area contributed by atoms with Crippen LogP contribution in [0.5, 0.6) is 0 Å². The number of aliphatic hydroxyl groups is 1. The van der Waals surface area contributed by atoms with Gasteiger partial charge in [-0.25, -0.2) is 9.18 Å². The monoisotopic (exact) mass is 348 g/mol. The summed E-state index contributed by atoms with van der Waals surface area (Å²) in [5, 5.41) is 12.2. The molecular weight excluding hydrogens is 327 g/mol. The van der Waals surface area contributed by atoms with E-state index in [4.69, 9.17) is 4.74 Å². The van der Waals surface area contributed by atoms with Gasteiger partial charge in [-0.1, -0.05) is 6.07 Å². The van der Waals surface area contributed by atoms with Crippen molar-refractivity contribution >= 4 is 17.6 Å². The molecule has 1 atom stereocenters. The third-order valence-electron chi connectivity index (χ3n) is 3.93. The van der Waals surface area contributed by atoms with Crippen LogP contribution in [0.1, 0.15) is 45.9 Å². The van der Waals surface area contributed by atoms with Crippen molar-refractivity contribution in [3.8, 4) is 0 Å². The summed E-state index contributed by atoms with van der Waals surface area (Å²) in [4.78, 5) is 26.9. The lowest BCUT2D eigenvalue weighted by Gasteiger charge is -2.09. The molecule has 6 nitrogen and oxygen atoms in total. The molecule has 25 heavy (non-hydrogen) atoms. The number of nitrogens with one attached hydrogen (secondary N) is 2. The van der Waals surface area contributed by atoms with E-state index >= 15 is 0 Å². The Kier molecular flexibility index (Phi) is 5.58. The molecule has 0 saturated carbocycles. The number of H-pyrrole nitrogens is 1. The number of carbonyl (C=O) groups excluding carboxylic acids is 2. The lowest BCUT2D eigenvalue weighted by atomic mass is 10.1. The topological polar surface area (TPSA) is 91.4 Å². The molecule has 1 aromatic carbocycles. The average molecular weight is 348 g/mol. The zero-order valence-corrected chi connectivity index (χ0v) is 14.6. The van der Waals surface area contributed by atoms with Crippen molar-refractivity contribution < 1.29 is 23.8 Å².